The summed E-state index contributed by atoms with van der Waals surface area (Å²) >= 11 is 0. The number of benzene rings is 2. The zero-order valence-electron chi connectivity index (χ0n) is 13.2. The van der Waals surface area contributed by atoms with Crippen LogP contribution in [0.2, 0.25) is 0 Å². The maximum atomic E-state index is 10.6. The van der Waals surface area contributed by atoms with E-state index in [0.29, 0.717) is 12.5 Å². The van der Waals surface area contributed by atoms with Crippen LogP contribution in [0.15, 0.2) is 59.6 Å². The number of anilines is 1. The van der Waals surface area contributed by atoms with Gasteiger partial charge in [-0.05, 0) is 37.0 Å². The number of hydrogen-bond donors (Lipinski definition) is 2. The number of rotatable bonds is 7. The minimum Gasteiger partial charge on any atom is -0.370 e. The first kappa shape index (κ1) is 19.9. The SMILES string of the molecule is I.NC(=NCCCCc1ccc([N+](=O)[O-])cc1)Nc1ccccc1. The van der Waals surface area contributed by atoms with Gasteiger partial charge in [0.05, 0.1) is 4.92 Å². The molecule has 2 aromatic rings. The lowest BCUT2D eigenvalue weighted by Crippen LogP contribution is -2.22. The standard InChI is InChI=1S/C17H20N4O2.HI/c18-17(20-15-7-2-1-3-8-15)19-13-5-4-6-14-9-11-16(12-10-14)21(22)23;/h1-3,7-12H,4-6,13H2,(H3,18,19,20);1H. The van der Waals surface area contributed by atoms with E-state index in [1.165, 1.54) is 12.1 Å². The van der Waals surface area contributed by atoms with Crippen molar-refractivity contribution >= 4 is 41.3 Å². The molecule has 24 heavy (non-hydrogen) atoms. The van der Waals surface area contributed by atoms with Crippen molar-refractivity contribution in [3.63, 3.8) is 0 Å². The Hall–Kier alpha value is -2.16. The van der Waals surface area contributed by atoms with Crippen LogP contribution in [0.25, 0.3) is 0 Å². The molecule has 0 aliphatic carbocycles. The Morgan fingerprint density at radius 3 is 2.38 bits per heavy atom. The van der Waals surface area contributed by atoms with Gasteiger partial charge in [-0.1, -0.05) is 30.3 Å². The fraction of sp³-hybridized carbons (Fsp3) is 0.235. The van der Waals surface area contributed by atoms with Gasteiger partial charge in [0.1, 0.15) is 0 Å². The van der Waals surface area contributed by atoms with Gasteiger partial charge in [0.15, 0.2) is 5.96 Å². The minimum atomic E-state index is -0.388. The van der Waals surface area contributed by atoms with Crippen molar-refractivity contribution in [2.45, 2.75) is 19.3 Å². The van der Waals surface area contributed by atoms with Crippen molar-refractivity contribution in [1.82, 2.24) is 0 Å². The molecule has 0 saturated heterocycles. The van der Waals surface area contributed by atoms with Crippen molar-refractivity contribution in [2.75, 3.05) is 11.9 Å². The average Bonchev–Trinajstić information content (AvgIpc) is 2.56. The number of nitrogens with two attached hydrogens (primary N) is 1. The maximum Gasteiger partial charge on any atom is 0.269 e. The molecule has 0 aromatic heterocycles. The quantitative estimate of drug-likeness (QED) is 0.170. The van der Waals surface area contributed by atoms with Crippen LogP contribution >= 0.6 is 24.0 Å². The molecule has 0 amide bonds. The number of nitrogens with zero attached hydrogens (tertiary/aromatic N) is 2. The number of hydrogen-bond acceptors (Lipinski definition) is 3. The maximum absolute atomic E-state index is 10.6. The number of nitrogens with one attached hydrogen (secondary N) is 1. The molecule has 3 N–H and O–H groups in total. The summed E-state index contributed by atoms with van der Waals surface area (Å²) in [4.78, 5) is 14.5. The van der Waals surface area contributed by atoms with Crippen molar-refractivity contribution in [2.24, 2.45) is 10.7 Å². The number of non-ortho nitro benzene ring substituents is 1. The molecule has 0 aliphatic rings. The number of halogens is 1. The van der Waals surface area contributed by atoms with Crippen LogP contribution in [-0.4, -0.2) is 17.4 Å². The molecule has 0 radical (unpaired) electrons. The first-order chi connectivity index (χ1) is 11.1. The molecule has 128 valence electrons. The van der Waals surface area contributed by atoms with Gasteiger partial charge in [-0.25, -0.2) is 0 Å². The van der Waals surface area contributed by atoms with Gasteiger partial charge in [-0.2, -0.15) is 0 Å². The number of nitro benzene ring substituents is 1. The first-order valence-electron chi connectivity index (χ1n) is 7.50. The van der Waals surface area contributed by atoms with Crippen molar-refractivity contribution in [3.8, 4) is 0 Å². The van der Waals surface area contributed by atoms with E-state index in [1.54, 1.807) is 12.1 Å². The average molecular weight is 440 g/mol. The van der Waals surface area contributed by atoms with Crippen LogP contribution in [0.1, 0.15) is 18.4 Å². The molecule has 0 aliphatic heterocycles. The third-order valence-corrected chi connectivity index (χ3v) is 3.35. The van der Waals surface area contributed by atoms with E-state index in [1.807, 2.05) is 30.3 Å². The van der Waals surface area contributed by atoms with Gasteiger partial charge >= 0.3 is 0 Å². The number of para-hydroxylation sites is 1. The van der Waals surface area contributed by atoms with Crippen LogP contribution in [0.5, 0.6) is 0 Å². The van der Waals surface area contributed by atoms with Crippen LogP contribution in [-0.2, 0) is 6.42 Å². The molecule has 2 rings (SSSR count). The smallest absolute Gasteiger partial charge is 0.269 e. The third-order valence-electron chi connectivity index (χ3n) is 3.35. The number of aliphatic imine (C=N–C) groups is 1. The largest absolute Gasteiger partial charge is 0.370 e. The van der Waals surface area contributed by atoms with E-state index in [-0.39, 0.29) is 34.6 Å². The Morgan fingerprint density at radius 2 is 1.75 bits per heavy atom. The van der Waals surface area contributed by atoms with Gasteiger partial charge in [-0.3, -0.25) is 15.1 Å². The Kier molecular flexibility index (Phi) is 8.77. The predicted octanol–water partition coefficient (Wildman–Crippen LogP) is 3.96. The number of aryl methyl sites for hydroxylation is 1. The second-order valence-electron chi connectivity index (χ2n) is 5.14. The second kappa shape index (κ2) is 10.6. The summed E-state index contributed by atoms with van der Waals surface area (Å²) in [6.45, 7) is 0.651. The first-order valence-corrected chi connectivity index (χ1v) is 7.50. The molecular formula is C17H21IN4O2. The lowest BCUT2D eigenvalue weighted by Gasteiger charge is -2.05. The highest BCUT2D eigenvalue weighted by Crippen LogP contribution is 2.13. The molecule has 0 saturated carbocycles. The monoisotopic (exact) mass is 440 g/mol. The highest BCUT2D eigenvalue weighted by Gasteiger charge is 2.03. The van der Waals surface area contributed by atoms with Crippen molar-refractivity contribution < 1.29 is 4.92 Å². The van der Waals surface area contributed by atoms with Gasteiger partial charge in [0.25, 0.3) is 5.69 Å². The van der Waals surface area contributed by atoms with E-state index in [4.69, 9.17) is 5.73 Å². The van der Waals surface area contributed by atoms with Gasteiger partial charge < -0.3 is 11.1 Å². The molecule has 0 spiro atoms. The topological polar surface area (TPSA) is 93.5 Å². The van der Waals surface area contributed by atoms with E-state index >= 15 is 0 Å². The summed E-state index contributed by atoms with van der Waals surface area (Å²) in [6.07, 6.45) is 2.74. The lowest BCUT2D eigenvalue weighted by atomic mass is 10.1. The Bertz CT molecular complexity index is 660. The van der Waals surface area contributed by atoms with E-state index in [0.717, 1.165) is 30.5 Å². The van der Waals surface area contributed by atoms with Gasteiger partial charge in [0, 0.05) is 24.4 Å². The fourth-order valence-corrected chi connectivity index (χ4v) is 2.13. The molecule has 7 heteroatoms. The van der Waals surface area contributed by atoms with E-state index in [9.17, 15) is 10.1 Å². The van der Waals surface area contributed by atoms with Crippen LogP contribution < -0.4 is 11.1 Å². The molecule has 2 aromatic carbocycles. The molecule has 0 atom stereocenters. The molecule has 6 nitrogen and oxygen atoms in total. The molecular weight excluding hydrogens is 419 g/mol. The van der Waals surface area contributed by atoms with E-state index in [2.05, 4.69) is 10.3 Å². The van der Waals surface area contributed by atoms with Crippen LogP contribution in [0.3, 0.4) is 0 Å². The summed E-state index contributed by atoms with van der Waals surface area (Å²) in [5.41, 5.74) is 7.95. The zero-order valence-corrected chi connectivity index (χ0v) is 15.6. The molecule has 0 fully saturated rings. The summed E-state index contributed by atoms with van der Waals surface area (Å²) in [7, 11) is 0. The normalized spacial score (nSPS) is 10.8. The number of guanidine groups is 1. The number of unbranched alkanes of at least 4 members (excludes halogenated alkanes) is 1. The Labute approximate surface area is 158 Å². The second-order valence-corrected chi connectivity index (χ2v) is 5.14. The molecule has 0 heterocycles. The number of nitro groups is 1. The lowest BCUT2D eigenvalue weighted by molar-refractivity contribution is -0.384. The van der Waals surface area contributed by atoms with Crippen molar-refractivity contribution in [3.05, 3.63) is 70.3 Å². The summed E-state index contributed by atoms with van der Waals surface area (Å²) in [6, 6.07) is 16.3. The van der Waals surface area contributed by atoms with E-state index < -0.39 is 0 Å². The predicted molar refractivity (Wildman–Crippen MR) is 108 cm³/mol. The third kappa shape index (κ3) is 6.95. The summed E-state index contributed by atoms with van der Waals surface area (Å²) in [5, 5.41) is 13.6. The minimum absolute atomic E-state index is 0. The molecule has 0 unspecified atom stereocenters. The Morgan fingerprint density at radius 1 is 1.08 bits per heavy atom. The highest BCUT2D eigenvalue weighted by atomic mass is 127. The van der Waals surface area contributed by atoms with Crippen molar-refractivity contribution in [1.29, 1.82) is 0 Å². The molecule has 0 bridgehead atoms. The highest BCUT2D eigenvalue weighted by molar-refractivity contribution is 14.0. The summed E-state index contributed by atoms with van der Waals surface area (Å²) in [5.74, 6) is 0.409. The Balaban J connectivity index is 0.00000288. The van der Waals surface area contributed by atoms with Gasteiger partial charge in [-0.15, -0.1) is 24.0 Å². The van der Waals surface area contributed by atoms with Crippen LogP contribution in [0.4, 0.5) is 11.4 Å². The van der Waals surface area contributed by atoms with Crippen LogP contribution in [0, 0.1) is 10.1 Å². The zero-order chi connectivity index (χ0) is 16.5. The fourth-order valence-electron chi connectivity index (χ4n) is 2.13. The summed E-state index contributed by atoms with van der Waals surface area (Å²) < 4.78 is 0. The van der Waals surface area contributed by atoms with Gasteiger partial charge in [0.2, 0.25) is 0 Å².